The molecule has 1 rings (SSSR count). The lowest BCUT2D eigenvalue weighted by atomic mass is 9.80. The number of nitrogens with zero attached hydrogens (tertiary/aromatic N) is 1. The van der Waals surface area contributed by atoms with E-state index < -0.39 is 17.3 Å². The van der Waals surface area contributed by atoms with E-state index in [2.05, 4.69) is 29.5 Å². The van der Waals surface area contributed by atoms with Gasteiger partial charge in [-0.2, -0.15) is 0 Å². The summed E-state index contributed by atoms with van der Waals surface area (Å²) in [6, 6.07) is -0.465. The normalized spacial score (nSPS) is 21.1. The highest BCUT2D eigenvalue weighted by Crippen LogP contribution is 2.29. The first kappa shape index (κ1) is 15.2. The predicted molar refractivity (Wildman–Crippen MR) is 71.7 cm³/mol. The van der Waals surface area contributed by atoms with Gasteiger partial charge < -0.3 is 10.2 Å². The van der Waals surface area contributed by atoms with Crippen molar-refractivity contribution in [2.75, 3.05) is 26.7 Å². The van der Waals surface area contributed by atoms with Gasteiger partial charge in [-0.1, -0.05) is 6.92 Å². The standard InChI is InChI=1S/C12H22ClN3O2/c1-9(13)10(17)15-11(18)14-8-12(2)4-6-16(3)7-5-12/h9H,4-8H2,1-3H3,(H2,14,15,17,18). The molecule has 5 nitrogen and oxygen atoms in total. The lowest BCUT2D eigenvalue weighted by Gasteiger charge is -2.37. The fourth-order valence-electron chi connectivity index (χ4n) is 1.88. The number of halogens is 1. The van der Waals surface area contributed by atoms with E-state index in [-0.39, 0.29) is 5.41 Å². The van der Waals surface area contributed by atoms with Crippen LogP contribution in [0.5, 0.6) is 0 Å². The Bertz CT molecular complexity index is 312. The molecule has 3 amide bonds. The van der Waals surface area contributed by atoms with Crippen LogP contribution in [-0.4, -0.2) is 48.9 Å². The first-order valence-electron chi connectivity index (χ1n) is 6.24. The van der Waals surface area contributed by atoms with Gasteiger partial charge in [0.05, 0.1) is 0 Å². The quantitative estimate of drug-likeness (QED) is 0.760. The third-order valence-corrected chi connectivity index (χ3v) is 3.67. The maximum Gasteiger partial charge on any atom is 0.321 e. The van der Waals surface area contributed by atoms with Gasteiger partial charge in [0.15, 0.2) is 0 Å². The van der Waals surface area contributed by atoms with Crippen molar-refractivity contribution >= 4 is 23.5 Å². The van der Waals surface area contributed by atoms with Crippen LogP contribution in [-0.2, 0) is 4.79 Å². The van der Waals surface area contributed by atoms with Crippen molar-refractivity contribution in [2.24, 2.45) is 5.41 Å². The Labute approximate surface area is 113 Å². The average Bonchev–Trinajstić information content (AvgIpc) is 2.31. The van der Waals surface area contributed by atoms with E-state index in [4.69, 9.17) is 11.6 Å². The van der Waals surface area contributed by atoms with E-state index in [1.54, 1.807) is 0 Å². The van der Waals surface area contributed by atoms with Crippen LogP contribution in [0.3, 0.4) is 0 Å². The van der Waals surface area contributed by atoms with Crippen molar-refractivity contribution in [3.63, 3.8) is 0 Å². The number of amides is 3. The van der Waals surface area contributed by atoms with E-state index in [9.17, 15) is 9.59 Å². The Kier molecular flexibility index (Phi) is 5.41. The SMILES string of the molecule is CC(Cl)C(=O)NC(=O)NCC1(C)CCN(C)CC1. The number of hydrogen-bond acceptors (Lipinski definition) is 3. The zero-order valence-corrected chi connectivity index (χ0v) is 12.0. The molecule has 0 bridgehead atoms. The fraction of sp³-hybridized carbons (Fsp3) is 0.833. The van der Waals surface area contributed by atoms with Crippen molar-refractivity contribution < 1.29 is 9.59 Å². The monoisotopic (exact) mass is 275 g/mol. The zero-order chi connectivity index (χ0) is 13.8. The maximum atomic E-state index is 11.5. The minimum absolute atomic E-state index is 0.111. The third kappa shape index (κ3) is 4.82. The first-order chi connectivity index (χ1) is 8.32. The van der Waals surface area contributed by atoms with Gasteiger partial charge in [-0.15, -0.1) is 11.6 Å². The molecule has 0 aromatic rings. The van der Waals surface area contributed by atoms with Crippen LogP contribution in [0.25, 0.3) is 0 Å². The van der Waals surface area contributed by atoms with Gasteiger partial charge in [0.2, 0.25) is 5.91 Å². The summed E-state index contributed by atoms with van der Waals surface area (Å²) < 4.78 is 0. The summed E-state index contributed by atoms with van der Waals surface area (Å²) in [7, 11) is 2.10. The smallest absolute Gasteiger partial charge is 0.321 e. The highest BCUT2D eigenvalue weighted by molar-refractivity contribution is 6.31. The minimum Gasteiger partial charge on any atom is -0.337 e. The number of urea groups is 1. The molecule has 1 atom stereocenters. The number of alkyl halides is 1. The molecular weight excluding hydrogens is 254 g/mol. The highest BCUT2D eigenvalue weighted by Gasteiger charge is 2.29. The summed E-state index contributed by atoms with van der Waals surface area (Å²) >= 11 is 5.57. The summed E-state index contributed by atoms with van der Waals surface area (Å²) in [5.74, 6) is -0.470. The molecule has 1 saturated heterocycles. The van der Waals surface area contributed by atoms with E-state index in [1.807, 2.05) is 0 Å². The Morgan fingerprint density at radius 3 is 2.44 bits per heavy atom. The van der Waals surface area contributed by atoms with E-state index in [0.29, 0.717) is 6.54 Å². The fourth-order valence-corrected chi connectivity index (χ4v) is 1.94. The van der Waals surface area contributed by atoms with Crippen molar-refractivity contribution in [3.05, 3.63) is 0 Å². The highest BCUT2D eigenvalue weighted by atomic mass is 35.5. The molecule has 1 unspecified atom stereocenters. The summed E-state index contributed by atoms with van der Waals surface area (Å²) in [6.07, 6.45) is 2.09. The van der Waals surface area contributed by atoms with Crippen molar-refractivity contribution in [2.45, 2.75) is 32.1 Å². The van der Waals surface area contributed by atoms with Crippen LogP contribution in [0.1, 0.15) is 26.7 Å². The van der Waals surface area contributed by atoms with Gasteiger partial charge in [-0.3, -0.25) is 10.1 Å². The van der Waals surface area contributed by atoms with Gasteiger partial charge in [0, 0.05) is 6.54 Å². The molecule has 0 radical (unpaired) electrons. The molecule has 0 aromatic carbocycles. The lowest BCUT2D eigenvalue weighted by molar-refractivity contribution is -0.119. The summed E-state index contributed by atoms with van der Waals surface area (Å²) in [6.45, 7) is 6.35. The predicted octanol–water partition coefficient (Wildman–Crippen LogP) is 1.17. The van der Waals surface area contributed by atoms with Crippen molar-refractivity contribution in [3.8, 4) is 0 Å². The van der Waals surface area contributed by atoms with E-state index >= 15 is 0 Å². The van der Waals surface area contributed by atoms with Crippen LogP contribution < -0.4 is 10.6 Å². The molecule has 18 heavy (non-hydrogen) atoms. The Morgan fingerprint density at radius 1 is 1.39 bits per heavy atom. The zero-order valence-electron chi connectivity index (χ0n) is 11.3. The Morgan fingerprint density at radius 2 is 1.94 bits per heavy atom. The van der Waals surface area contributed by atoms with E-state index in [0.717, 1.165) is 25.9 Å². The molecule has 1 aliphatic heterocycles. The molecule has 2 N–H and O–H groups in total. The number of likely N-dealkylation sites (tertiary alicyclic amines) is 1. The second-order valence-corrected chi connectivity index (χ2v) is 6.06. The number of rotatable bonds is 3. The maximum absolute atomic E-state index is 11.5. The van der Waals surface area contributed by atoms with Crippen LogP contribution in [0.2, 0.25) is 0 Å². The Balaban J connectivity index is 2.32. The van der Waals surface area contributed by atoms with Crippen LogP contribution in [0.15, 0.2) is 0 Å². The number of imide groups is 1. The number of hydrogen-bond donors (Lipinski definition) is 2. The molecule has 0 aromatic heterocycles. The number of piperidine rings is 1. The molecule has 0 saturated carbocycles. The molecule has 0 aliphatic carbocycles. The molecule has 6 heteroatoms. The van der Waals surface area contributed by atoms with Gasteiger partial charge in [0.25, 0.3) is 0 Å². The Hall–Kier alpha value is -0.810. The van der Waals surface area contributed by atoms with Gasteiger partial charge in [-0.05, 0) is 45.3 Å². The molecule has 104 valence electrons. The van der Waals surface area contributed by atoms with E-state index in [1.165, 1.54) is 6.92 Å². The molecule has 1 heterocycles. The van der Waals surface area contributed by atoms with Gasteiger partial charge in [0.1, 0.15) is 5.38 Å². The van der Waals surface area contributed by atoms with Crippen LogP contribution >= 0.6 is 11.6 Å². The number of carbonyl (C=O) groups is 2. The number of nitrogens with one attached hydrogen (secondary N) is 2. The van der Waals surface area contributed by atoms with Gasteiger partial charge in [-0.25, -0.2) is 4.79 Å². The summed E-state index contributed by atoms with van der Waals surface area (Å²) in [4.78, 5) is 25.0. The third-order valence-electron chi connectivity index (χ3n) is 3.47. The second-order valence-electron chi connectivity index (χ2n) is 5.40. The van der Waals surface area contributed by atoms with Crippen LogP contribution in [0, 0.1) is 5.41 Å². The molecule has 1 fully saturated rings. The average molecular weight is 276 g/mol. The molecule has 0 spiro atoms. The topological polar surface area (TPSA) is 61.4 Å². The second kappa shape index (κ2) is 6.38. The largest absolute Gasteiger partial charge is 0.337 e. The van der Waals surface area contributed by atoms with Crippen molar-refractivity contribution in [1.82, 2.24) is 15.5 Å². The summed E-state index contributed by atoms with van der Waals surface area (Å²) in [5, 5.41) is 4.26. The molecular formula is C12H22ClN3O2. The minimum atomic E-state index is -0.699. The van der Waals surface area contributed by atoms with Gasteiger partial charge >= 0.3 is 6.03 Å². The lowest BCUT2D eigenvalue weighted by Crippen LogP contribution is -2.48. The first-order valence-corrected chi connectivity index (χ1v) is 6.67. The number of carbonyl (C=O) groups excluding carboxylic acids is 2. The summed E-state index contributed by atoms with van der Waals surface area (Å²) in [5.41, 5.74) is 0.111. The van der Waals surface area contributed by atoms with Crippen LogP contribution in [0.4, 0.5) is 4.79 Å². The molecule has 1 aliphatic rings. The van der Waals surface area contributed by atoms with Crippen molar-refractivity contribution in [1.29, 1.82) is 0 Å².